The first-order chi connectivity index (χ1) is 15.9. The molecule has 0 aliphatic rings. The molecule has 2 aromatic carbocycles. The van der Waals surface area contributed by atoms with E-state index in [2.05, 4.69) is 20.3 Å². The lowest BCUT2D eigenvalue weighted by Gasteiger charge is -2.15. The molecule has 4 N–H and O–H groups in total. The Hall–Kier alpha value is -4.73. The zero-order valence-electron chi connectivity index (χ0n) is 17.7. The van der Waals surface area contributed by atoms with Gasteiger partial charge in [-0.2, -0.15) is 4.98 Å². The van der Waals surface area contributed by atoms with E-state index in [-0.39, 0.29) is 17.1 Å². The van der Waals surface area contributed by atoms with Gasteiger partial charge in [0.25, 0.3) is 5.91 Å². The summed E-state index contributed by atoms with van der Waals surface area (Å²) in [5, 5.41) is 13.0. The molecule has 0 atom stereocenters. The van der Waals surface area contributed by atoms with Crippen molar-refractivity contribution in [1.29, 1.82) is 0 Å². The number of hydrogen-bond acceptors (Lipinski definition) is 8. The molecule has 0 spiro atoms. The number of anilines is 2. The molecule has 10 heteroatoms. The van der Waals surface area contributed by atoms with Crippen LogP contribution in [0.25, 0.3) is 22.0 Å². The van der Waals surface area contributed by atoms with Crippen LogP contribution in [0.2, 0.25) is 0 Å². The van der Waals surface area contributed by atoms with E-state index in [9.17, 15) is 14.7 Å². The average molecular weight is 445 g/mol. The van der Waals surface area contributed by atoms with Crippen molar-refractivity contribution in [2.45, 2.75) is 0 Å². The van der Waals surface area contributed by atoms with Gasteiger partial charge >= 0.3 is 12.0 Å². The van der Waals surface area contributed by atoms with Crippen LogP contribution in [0.5, 0.6) is 11.9 Å². The predicted octanol–water partition coefficient (Wildman–Crippen LogP) is 3.25. The lowest BCUT2D eigenvalue weighted by Crippen LogP contribution is -2.14. The molecule has 0 unspecified atom stereocenters. The summed E-state index contributed by atoms with van der Waals surface area (Å²) in [6, 6.07) is 11.8. The van der Waals surface area contributed by atoms with Crippen molar-refractivity contribution in [1.82, 2.24) is 15.0 Å². The minimum atomic E-state index is -1.07. The van der Waals surface area contributed by atoms with E-state index in [1.807, 2.05) is 6.07 Å². The highest BCUT2D eigenvalue weighted by molar-refractivity contribution is 6.08. The van der Waals surface area contributed by atoms with Gasteiger partial charge in [0.2, 0.25) is 5.88 Å². The largest absolute Gasteiger partial charge is 0.480 e. The van der Waals surface area contributed by atoms with E-state index in [0.717, 1.165) is 0 Å². The number of carboxylic acid groups (broad SMARTS) is 1. The number of methoxy groups -OCH3 is 2. The van der Waals surface area contributed by atoms with Gasteiger partial charge in [-0.15, -0.1) is 0 Å². The molecule has 166 valence electrons. The number of nitrogens with zero attached hydrogens (tertiary/aromatic N) is 3. The monoisotopic (exact) mass is 445 g/mol. The second kappa shape index (κ2) is 8.79. The molecule has 2 heterocycles. The van der Waals surface area contributed by atoms with Gasteiger partial charge in [-0.1, -0.05) is 12.1 Å². The minimum absolute atomic E-state index is 0.0970. The van der Waals surface area contributed by atoms with Crippen molar-refractivity contribution in [3.63, 3.8) is 0 Å². The third-order valence-corrected chi connectivity index (χ3v) is 4.93. The Morgan fingerprint density at radius 3 is 2.55 bits per heavy atom. The molecule has 2 aromatic heterocycles. The molecule has 0 radical (unpaired) electrons. The Kier molecular flexibility index (Phi) is 5.73. The molecule has 1 amide bonds. The van der Waals surface area contributed by atoms with Gasteiger partial charge < -0.3 is 25.6 Å². The maximum atomic E-state index is 12.2. The van der Waals surface area contributed by atoms with Gasteiger partial charge in [-0.05, 0) is 35.9 Å². The van der Waals surface area contributed by atoms with E-state index in [0.29, 0.717) is 39.3 Å². The number of primary amides is 1. The number of nitrogens with one attached hydrogen (secondary N) is 1. The number of carbonyl (C=O) groups is 2. The molecule has 0 saturated carbocycles. The Balaban J connectivity index is 1.90. The number of fused-ring (bicyclic) bond motifs is 1. The Morgan fingerprint density at radius 1 is 1.03 bits per heavy atom. The predicted molar refractivity (Wildman–Crippen MR) is 121 cm³/mol. The van der Waals surface area contributed by atoms with Crippen LogP contribution in [0, 0.1) is 0 Å². The molecule has 4 aromatic rings. The molecule has 0 aliphatic carbocycles. The van der Waals surface area contributed by atoms with Crippen molar-refractivity contribution in [3.05, 3.63) is 66.0 Å². The summed E-state index contributed by atoms with van der Waals surface area (Å²) >= 11 is 0. The Bertz CT molecular complexity index is 1390. The highest BCUT2D eigenvalue weighted by atomic mass is 16.5. The molecule has 0 saturated heterocycles. The second-order valence-electron chi connectivity index (χ2n) is 6.93. The molecule has 0 bridgehead atoms. The van der Waals surface area contributed by atoms with Crippen molar-refractivity contribution < 1.29 is 24.2 Å². The fraction of sp³-hybridized carbons (Fsp3) is 0.0870. The first kappa shape index (κ1) is 21.5. The lowest BCUT2D eigenvalue weighted by atomic mass is 10.0. The van der Waals surface area contributed by atoms with E-state index >= 15 is 0 Å². The number of carbonyl (C=O) groups excluding carboxylic acids is 1. The van der Waals surface area contributed by atoms with Gasteiger partial charge in [-0.3, -0.25) is 9.78 Å². The van der Waals surface area contributed by atoms with Crippen LogP contribution in [-0.2, 0) is 0 Å². The number of ether oxygens (including phenoxy) is 2. The maximum absolute atomic E-state index is 12.2. The lowest BCUT2D eigenvalue weighted by molar-refractivity contribution is 0.0696. The fourth-order valence-electron chi connectivity index (χ4n) is 3.36. The molecule has 0 aliphatic heterocycles. The number of aromatic carboxylic acids is 1. The van der Waals surface area contributed by atoms with E-state index in [1.165, 1.54) is 32.5 Å². The number of carboxylic acids is 1. The maximum Gasteiger partial charge on any atom is 0.335 e. The van der Waals surface area contributed by atoms with Crippen LogP contribution in [0.3, 0.4) is 0 Å². The quantitative estimate of drug-likeness (QED) is 0.389. The normalized spacial score (nSPS) is 10.6. The van der Waals surface area contributed by atoms with Gasteiger partial charge in [-0.25, -0.2) is 9.78 Å². The van der Waals surface area contributed by atoms with E-state index in [1.54, 1.807) is 30.5 Å². The first-order valence-corrected chi connectivity index (χ1v) is 9.69. The third kappa shape index (κ3) is 4.22. The molecule has 10 nitrogen and oxygen atoms in total. The number of aromatic nitrogens is 3. The van der Waals surface area contributed by atoms with Crippen LogP contribution < -0.4 is 20.5 Å². The molecule has 0 fully saturated rings. The Labute approximate surface area is 188 Å². The van der Waals surface area contributed by atoms with Gasteiger partial charge in [0, 0.05) is 23.5 Å². The van der Waals surface area contributed by atoms with Crippen LogP contribution >= 0.6 is 0 Å². The molecular weight excluding hydrogens is 426 g/mol. The summed E-state index contributed by atoms with van der Waals surface area (Å²) in [7, 11) is 2.94. The first-order valence-electron chi connectivity index (χ1n) is 9.69. The summed E-state index contributed by atoms with van der Waals surface area (Å²) in [6.45, 7) is 0. The molecular formula is C23H19N5O5. The summed E-state index contributed by atoms with van der Waals surface area (Å²) in [6.07, 6.45) is 2.95. The average Bonchev–Trinajstić information content (AvgIpc) is 2.83. The number of pyridine rings is 1. The standard InChI is InChI=1S/C23H19N5O5/c1-32-21-16(10-26-23(28-21)33-2)12-6-7-18-15(9-12)19(17(11-25-18)20(24)29)27-14-5-3-4-13(8-14)22(30)31/h3-11H,1-2H3,(H2,24,29)(H,25,27)(H,30,31). The number of rotatable bonds is 7. The summed E-state index contributed by atoms with van der Waals surface area (Å²) in [5.41, 5.74) is 8.61. The SMILES string of the molecule is COc1ncc(-c2ccc3ncc(C(N)=O)c(Nc4cccc(C(=O)O)c4)c3c2)c(OC)n1. The zero-order chi connectivity index (χ0) is 23.5. The van der Waals surface area contributed by atoms with E-state index < -0.39 is 11.9 Å². The smallest absolute Gasteiger partial charge is 0.335 e. The zero-order valence-corrected chi connectivity index (χ0v) is 17.7. The number of amides is 1. The van der Waals surface area contributed by atoms with Crippen LogP contribution in [0.15, 0.2) is 54.9 Å². The van der Waals surface area contributed by atoms with E-state index in [4.69, 9.17) is 15.2 Å². The minimum Gasteiger partial charge on any atom is -0.480 e. The third-order valence-electron chi connectivity index (χ3n) is 4.93. The summed E-state index contributed by atoms with van der Waals surface area (Å²) in [5.74, 6) is -1.44. The van der Waals surface area contributed by atoms with Gasteiger partial charge in [0.05, 0.1) is 42.1 Å². The van der Waals surface area contributed by atoms with Crippen molar-refractivity contribution in [2.75, 3.05) is 19.5 Å². The second-order valence-corrected chi connectivity index (χ2v) is 6.93. The highest BCUT2D eigenvalue weighted by Gasteiger charge is 2.17. The topological polar surface area (TPSA) is 150 Å². The number of nitrogens with two attached hydrogens (primary N) is 1. The van der Waals surface area contributed by atoms with Gasteiger partial charge in [0.1, 0.15) is 0 Å². The number of benzene rings is 2. The fourth-order valence-corrected chi connectivity index (χ4v) is 3.36. The summed E-state index contributed by atoms with van der Waals surface area (Å²) < 4.78 is 10.4. The van der Waals surface area contributed by atoms with Crippen LogP contribution in [0.4, 0.5) is 11.4 Å². The number of hydrogen-bond donors (Lipinski definition) is 3. The van der Waals surface area contributed by atoms with Crippen LogP contribution in [0.1, 0.15) is 20.7 Å². The molecule has 33 heavy (non-hydrogen) atoms. The van der Waals surface area contributed by atoms with Crippen molar-refractivity contribution in [2.24, 2.45) is 5.73 Å². The van der Waals surface area contributed by atoms with Crippen molar-refractivity contribution >= 4 is 34.2 Å². The summed E-state index contributed by atoms with van der Waals surface area (Å²) in [4.78, 5) is 36.2. The Morgan fingerprint density at radius 2 is 1.85 bits per heavy atom. The van der Waals surface area contributed by atoms with Gasteiger partial charge in [0.15, 0.2) is 0 Å². The van der Waals surface area contributed by atoms with Crippen molar-refractivity contribution in [3.8, 4) is 23.0 Å². The molecule has 4 rings (SSSR count). The highest BCUT2D eigenvalue weighted by Crippen LogP contribution is 2.35. The van der Waals surface area contributed by atoms with Crippen LogP contribution in [-0.4, -0.2) is 46.2 Å².